The third kappa shape index (κ3) is 3.87. The zero-order valence-corrected chi connectivity index (χ0v) is 10.1. The van der Waals surface area contributed by atoms with Gasteiger partial charge < -0.3 is 4.74 Å². The summed E-state index contributed by atoms with van der Waals surface area (Å²) in [6.45, 7) is 6.99. The summed E-state index contributed by atoms with van der Waals surface area (Å²) in [6, 6.07) is 8.69. The minimum atomic E-state index is -0.418. The van der Waals surface area contributed by atoms with Crippen molar-refractivity contribution in [2.75, 3.05) is 6.61 Å². The van der Waals surface area contributed by atoms with Gasteiger partial charge in [-0.3, -0.25) is 4.79 Å². The summed E-state index contributed by atoms with van der Waals surface area (Å²) in [5.74, 6) is -0.876. The van der Waals surface area contributed by atoms with E-state index >= 15 is 0 Å². The van der Waals surface area contributed by atoms with E-state index in [4.69, 9.17) is 4.74 Å². The van der Waals surface area contributed by atoms with Gasteiger partial charge in [0.15, 0.2) is 0 Å². The number of esters is 1. The molecule has 0 heterocycles. The molecule has 0 aliphatic rings. The van der Waals surface area contributed by atoms with E-state index < -0.39 is 11.9 Å². The molecule has 0 aliphatic carbocycles. The molecule has 0 amide bonds. The van der Waals surface area contributed by atoms with E-state index in [0.29, 0.717) is 11.1 Å². The average molecular weight is 232 g/mol. The summed E-state index contributed by atoms with van der Waals surface area (Å²) >= 11 is 0. The zero-order chi connectivity index (χ0) is 12.8. The number of ether oxygens (including phenoxy) is 1. The van der Waals surface area contributed by atoms with Crippen LogP contribution in [0, 0.1) is 5.92 Å². The number of ketones is 1. The minimum absolute atomic E-state index is 0.0432. The monoisotopic (exact) mass is 232 g/mol. The van der Waals surface area contributed by atoms with Crippen LogP contribution in [0.4, 0.5) is 0 Å². The second-order valence-corrected chi connectivity index (χ2v) is 3.97. The van der Waals surface area contributed by atoms with Gasteiger partial charge in [0.05, 0.1) is 11.5 Å². The predicted octanol–water partition coefficient (Wildman–Crippen LogP) is 2.62. The van der Waals surface area contributed by atoms with Gasteiger partial charge >= 0.3 is 5.97 Å². The third-order valence-corrected chi connectivity index (χ3v) is 2.48. The van der Waals surface area contributed by atoms with Crippen molar-refractivity contribution in [3.63, 3.8) is 0 Å². The number of carbonyl (C=O) groups is 2. The summed E-state index contributed by atoms with van der Waals surface area (Å²) in [5, 5.41) is 0. The highest BCUT2D eigenvalue weighted by Crippen LogP contribution is 2.11. The van der Waals surface area contributed by atoms with E-state index in [9.17, 15) is 9.59 Å². The topological polar surface area (TPSA) is 43.4 Å². The van der Waals surface area contributed by atoms with E-state index in [1.807, 2.05) is 6.07 Å². The van der Waals surface area contributed by atoms with Gasteiger partial charge in [-0.2, -0.15) is 0 Å². The van der Waals surface area contributed by atoms with Crippen LogP contribution in [0.2, 0.25) is 0 Å². The van der Waals surface area contributed by atoms with Crippen molar-refractivity contribution in [2.45, 2.75) is 13.8 Å². The molecule has 0 radical (unpaired) electrons. The fraction of sp³-hybridized carbons (Fsp3) is 0.286. The highest BCUT2D eigenvalue weighted by Gasteiger charge is 2.17. The molecule has 0 saturated heterocycles. The van der Waals surface area contributed by atoms with E-state index in [2.05, 4.69) is 6.58 Å². The molecule has 1 aromatic rings. The molecule has 1 atom stereocenters. The van der Waals surface area contributed by atoms with Crippen LogP contribution in [0.25, 0.3) is 0 Å². The molecule has 90 valence electrons. The Morgan fingerprint density at radius 1 is 1.24 bits per heavy atom. The second kappa shape index (κ2) is 5.99. The number of rotatable bonds is 5. The summed E-state index contributed by atoms with van der Waals surface area (Å²) in [7, 11) is 0. The molecule has 0 spiro atoms. The maximum Gasteiger partial charge on any atom is 0.338 e. The van der Waals surface area contributed by atoms with Gasteiger partial charge in [-0.05, 0) is 26.0 Å². The van der Waals surface area contributed by atoms with Crippen molar-refractivity contribution >= 4 is 11.8 Å². The molecule has 0 aromatic heterocycles. The lowest BCUT2D eigenvalue weighted by Crippen LogP contribution is -2.21. The smallest absolute Gasteiger partial charge is 0.338 e. The van der Waals surface area contributed by atoms with E-state index in [1.165, 1.54) is 6.92 Å². The Balaban J connectivity index is 2.59. The summed E-state index contributed by atoms with van der Waals surface area (Å²) in [4.78, 5) is 22.9. The molecule has 0 aliphatic heterocycles. The van der Waals surface area contributed by atoms with Crippen LogP contribution >= 0.6 is 0 Å². The van der Waals surface area contributed by atoms with Gasteiger partial charge in [0.2, 0.25) is 0 Å². The Morgan fingerprint density at radius 2 is 1.82 bits per heavy atom. The molecule has 1 aromatic carbocycles. The molecule has 0 bridgehead atoms. The molecular formula is C14H16O3. The summed E-state index contributed by atoms with van der Waals surface area (Å²) in [5.41, 5.74) is 1.19. The van der Waals surface area contributed by atoms with Crippen molar-refractivity contribution in [3.8, 4) is 0 Å². The van der Waals surface area contributed by atoms with Gasteiger partial charge in [0.1, 0.15) is 12.4 Å². The molecule has 3 nitrogen and oxygen atoms in total. The highest BCUT2D eigenvalue weighted by atomic mass is 16.5. The van der Waals surface area contributed by atoms with Crippen LogP contribution in [-0.2, 0) is 9.53 Å². The maximum absolute atomic E-state index is 11.6. The average Bonchev–Trinajstić information content (AvgIpc) is 2.29. The number of carbonyl (C=O) groups excluding carboxylic acids is 2. The lowest BCUT2D eigenvalue weighted by Gasteiger charge is -2.13. The fourth-order valence-corrected chi connectivity index (χ4v) is 1.42. The van der Waals surface area contributed by atoms with Crippen LogP contribution in [0.15, 0.2) is 42.5 Å². The Labute approximate surface area is 101 Å². The van der Waals surface area contributed by atoms with Crippen molar-refractivity contribution in [1.29, 1.82) is 0 Å². The highest BCUT2D eigenvalue weighted by molar-refractivity contribution is 5.89. The molecule has 17 heavy (non-hydrogen) atoms. The Morgan fingerprint density at radius 3 is 2.29 bits per heavy atom. The number of Topliss-reactive ketones (excluding diaryl/α,β-unsaturated/α-hetero) is 1. The van der Waals surface area contributed by atoms with E-state index in [-0.39, 0.29) is 12.4 Å². The molecule has 1 unspecified atom stereocenters. The molecule has 0 fully saturated rings. The SMILES string of the molecule is C=C(C)C(COC(=O)c1ccccc1)C(C)=O. The van der Waals surface area contributed by atoms with Gasteiger partial charge in [-0.15, -0.1) is 0 Å². The van der Waals surface area contributed by atoms with Crippen LogP contribution in [0.3, 0.4) is 0 Å². The van der Waals surface area contributed by atoms with Crippen molar-refractivity contribution in [2.24, 2.45) is 5.92 Å². The Hall–Kier alpha value is -1.90. The van der Waals surface area contributed by atoms with Crippen molar-refractivity contribution in [3.05, 3.63) is 48.0 Å². The molecule has 0 N–H and O–H groups in total. The zero-order valence-electron chi connectivity index (χ0n) is 10.1. The van der Waals surface area contributed by atoms with Crippen molar-refractivity contribution in [1.82, 2.24) is 0 Å². The van der Waals surface area contributed by atoms with Gasteiger partial charge in [-0.25, -0.2) is 4.79 Å². The normalized spacial score (nSPS) is 11.6. The van der Waals surface area contributed by atoms with Crippen LogP contribution in [0.5, 0.6) is 0 Å². The Bertz CT molecular complexity index is 406. The number of benzene rings is 1. The van der Waals surface area contributed by atoms with Gasteiger partial charge in [0, 0.05) is 0 Å². The maximum atomic E-state index is 11.6. The second-order valence-electron chi connectivity index (χ2n) is 3.97. The molecular weight excluding hydrogens is 216 g/mol. The first-order valence-electron chi connectivity index (χ1n) is 5.40. The summed E-state index contributed by atoms with van der Waals surface area (Å²) < 4.78 is 5.09. The molecule has 3 heteroatoms. The van der Waals surface area contributed by atoms with Gasteiger partial charge in [-0.1, -0.05) is 30.4 Å². The van der Waals surface area contributed by atoms with Crippen LogP contribution in [0.1, 0.15) is 24.2 Å². The first-order valence-corrected chi connectivity index (χ1v) is 5.40. The first kappa shape index (κ1) is 13.2. The van der Waals surface area contributed by atoms with E-state index in [1.54, 1.807) is 31.2 Å². The predicted molar refractivity (Wildman–Crippen MR) is 65.7 cm³/mol. The van der Waals surface area contributed by atoms with E-state index in [0.717, 1.165) is 0 Å². The Kier molecular flexibility index (Phi) is 4.64. The van der Waals surface area contributed by atoms with Gasteiger partial charge in [0.25, 0.3) is 0 Å². The quantitative estimate of drug-likeness (QED) is 0.579. The van der Waals surface area contributed by atoms with Crippen molar-refractivity contribution < 1.29 is 14.3 Å². The number of hydrogen-bond acceptors (Lipinski definition) is 3. The first-order chi connectivity index (χ1) is 8.02. The molecule has 1 rings (SSSR count). The third-order valence-electron chi connectivity index (χ3n) is 2.48. The number of hydrogen-bond donors (Lipinski definition) is 0. The summed E-state index contributed by atoms with van der Waals surface area (Å²) in [6.07, 6.45) is 0. The largest absolute Gasteiger partial charge is 0.461 e. The lowest BCUT2D eigenvalue weighted by atomic mass is 9.99. The lowest BCUT2D eigenvalue weighted by molar-refractivity contribution is -0.120. The van der Waals surface area contributed by atoms with Crippen LogP contribution < -0.4 is 0 Å². The minimum Gasteiger partial charge on any atom is -0.461 e. The standard InChI is InChI=1S/C14H16O3/c1-10(2)13(11(3)15)9-17-14(16)12-7-5-4-6-8-12/h4-8,13H,1,9H2,2-3H3. The van der Waals surface area contributed by atoms with Crippen LogP contribution in [-0.4, -0.2) is 18.4 Å². The fourth-order valence-electron chi connectivity index (χ4n) is 1.42. The molecule has 0 saturated carbocycles.